The summed E-state index contributed by atoms with van der Waals surface area (Å²) < 4.78 is 42.1. The highest BCUT2D eigenvalue weighted by Gasteiger charge is 2.50. The number of aliphatic hydroxyl groups is 1. The largest absolute Gasteiger partial charge is 0.756 e. The van der Waals surface area contributed by atoms with E-state index in [1.807, 2.05) is 19.2 Å². The number of aliphatic hydroxyl groups excluding tert-OH is 1. The van der Waals surface area contributed by atoms with E-state index in [-0.39, 0.29) is 52.1 Å². The molecule has 2 unspecified atom stereocenters. The minimum absolute atomic E-state index is 0.00613. The molecule has 5 aliphatic rings. The van der Waals surface area contributed by atoms with Crippen molar-refractivity contribution >= 4 is 61.7 Å². The second-order valence-electron chi connectivity index (χ2n) is 23.8. The molecule has 0 spiro atoms. The summed E-state index contributed by atoms with van der Waals surface area (Å²) in [6, 6.07) is 15.6. The van der Waals surface area contributed by atoms with Crippen LogP contribution in [0.1, 0.15) is 161 Å². The molecule has 4 aliphatic heterocycles. The van der Waals surface area contributed by atoms with Gasteiger partial charge in [-0.05, 0) is 128 Å². The Morgan fingerprint density at radius 1 is 0.988 bits per heavy atom. The number of nitrogens with zero attached hydrogens (tertiary/aromatic N) is 7. The van der Waals surface area contributed by atoms with E-state index in [1.165, 1.54) is 54.2 Å². The van der Waals surface area contributed by atoms with E-state index in [4.69, 9.17) is 15.0 Å². The third-order valence-electron chi connectivity index (χ3n) is 17.3. The van der Waals surface area contributed by atoms with Gasteiger partial charge >= 0.3 is 7.82 Å². The predicted octanol–water partition coefficient (Wildman–Crippen LogP) is 4.65. The summed E-state index contributed by atoms with van der Waals surface area (Å²) in [4.78, 5) is 84.7. The molecule has 0 radical (unpaired) electrons. The lowest BCUT2D eigenvalue weighted by Gasteiger charge is -2.48. The molecule has 22 nitrogen and oxygen atoms in total. The first-order valence-corrected chi connectivity index (χ1v) is 31.8. The summed E-state index contributed by atoms with van der Waals surface area (Å²) in [6.45, 7) is 17.6. The number of amides is 2. The number of aryl methyl sites for hydroxylation is 1. The van der Waals surface area contributed by atoms with Crippen molar-refractivity contribution in [1.29, 1.82) is 0 Å². The molecular weight excluding hydrogens is 1090 g/mol. The first kappa shape index (κ1) is 59.5. The summed E-state index contributed by atoms with van der Waals surface area (Å²) >= 11 is 0. The molecule has 2 amide bonds. The van der Waals surface area contributed by atoms with E-state index in [0.29, 0.717) is 50.4 Å². The van der Waals surface area contributed by atoms with Crippen LogP contribution in [0.4, 0.5) is 17.5 Å². The average Bonchev–Trinajstić information content (AvgIpc) is 1.80. The Bertz CT molecular complexity index is 3520. The monoisotopic (exact) mass is 1170 g/mol. The van der Waals surface area contributed by atoms with Gasteiger partial charge in [0.05, 0.1) is 6.61 Å². The lowest BCUT2D eigenvalue weighted by molar-refractivity contribution is -0.222. The van der Waals surface area contributed by atoms with Crippen molar-refractivity contribution in [2.45, 2.75) is 154 Å². The Morgan fingerprint density at radius 2 is 1.72 bits per heavy atom. The molecule has 82 heavy (non-hydrogen) atoms. The lowest BCUT2D eigenvalue weighted by Crippen LogP contribution is -2.50. The van der Waals surface area contributed by atoms with E-state index < -0.39 is 46.8 Å². The summed E-state index contributed by atoms with van der Waals surface area (Å²) in [5.41, 5.74) is 18.2. The van der Waals surface area contributed by atoms with Crippen molar-refractivity contribution in [1.82, 2.24) is 34.3 Å². The minimum Gasteiger partial charge on any atom is -0.756 e. The number of hydrogen-bond acceptors (Lipinski definition) is 15. The highest BCUT2D eigenvalue weighted by atomic mass is 31.2. The smallest absolute Gasteiger partial charge is 0.470 e. The van der Waals surface area contributed by atoms with Gasteiger partial charge in [-0.3, -0.25) is 23.2 Å². The highest BCUT2D eigenvalue weighted by molar-refractivity contribution is 7.46. The number of fused-ring (bicyclic) bond motifs is 5. The summed E-state index contributed by atoms with van der Waals surface area (Å²) in [5, 5.41) is 20.1. The zero-order valence-corrected chi connectivity index (χ0v) is 49.7. The number of rotatable bonds is 21. The van der Waals surface area contributed by atoms with Crippen LogP contribution in [-0.4, -0.2) is 133 Å². The molecule has 3 aromatic carbocycles. The van der Waals surface area contributed by atoms with Gasteiger partial charge in [-0.1, -0.05) is 51.8 Å². The molecule has 24 heteroatoms. The molecule has 0 bridgehead atoms. The van der Waals surface area contributed by atoms with E-state index in [0.717, 1.165) is 82.0 Å². The van der Waals surface area contributed by atoms with E-state index in [1.54, 1.807) is 4.90 Å². The van der Waals surface area contributed by atoms with Gasteiger partial charge < -0.3 is 60.1 Å². The zero-order valence-electron chi connectivity index (χ0n) is 47.9. The van der Waals surface area contributed by atoms with E-state index in [9.17, 15) is 43.4 Å². The Hall–Kier alpha value is -5.64. The fourth-order valence-electron chi connectivity index (χ4n) is 13.8. The van der Waals surface area contributed by atoms with Crippen molar-refractivity contribution < 1.29 is 57.2 Å². The fraction of sp³-hybridized carbons (Fsp3) is 0.552. The molecule has 6 atom stereocenters. The Balaban J connectivity index is 0.775. The number of ether oxygens (including phenoxy) is 1. The number of unbranched alkanes of at least 4 members (excludes halogenated alkanes) is 3. The summed E-state index contributed by atoms with van der Waals surface area (Å²) in [5.74, 6) is 0.271. The Kier molecular flexibility index (Phi) is 17.0. The maximum Gasteiger partial charge on any atom is 0.470 e. The number of nitrogen functional groups attached to an aromatic ring is 1. The van der Waals surface area contributed by atoms with Crippen molar-refractivity contribution in [2.24, 2.45) is 0 Å². The van der Waals surface area contributed by atoms with Crippen LogP contribution in [0.15, 0.2) is 48.8 Å². The van der Waals surface area contributed by atoms with Gasteiger partial charge in [0.25, 0.3) is 13.7 Å². The minimum atomic E-state index is -5.30. The summed E-state index contributed by atoms with van der Waals surface area (Å²) in [7, 11) is -8.73. The number of carbonyl (C=O) groups is 2. The number of nitrogens with one attached hydrogen (secondary N) is 2. The van der Waals surface area contributed by atoms with Gasteiger partial charge in [0.2, 0.25) is 17.2 Å². The Labute approximate surface area is 477 Å². The maximum atomic E-state index is 14.8. The van der Waals surface area contributed by atoms with Crippen LogP contribution < -0.4 is 41.3 Å². The van der Waals surface area contributed by atoms with E-state index >= 15 is 0 Å². The number of carbonyl (C=O) groups excluding carboxylic acids is 2. The number of benzene rings is 3. The average molecular weight is 1170 g/mol. The quantitative estimate of drug-likeness (QED) is 0.0299. The van der Waals surface area contributed by atoms with Crippen molar-refractivity contribution in [3.8, 4) is 0 Å². The molecule has 0 saturated carbocycles. The predicted molar refractivity (Wildman–Crippen MR) is 309 cm³/mol. The number of hydrogen-bond donors (Lipinski definition) is 7. The molecule has 1 aliphatic carbocycles. The number of phosphoric ester groups is 2. The first-order chi connectivity index (χ1) is 38.9. The Morgan fingerprint density at radius 3 is 2.45 bits per heavy atom. The normalized spacial score (nSPS) is 22.2. The molecule has 442 valence electrons. The molecule has 1 fully saturated rings. The number of nitrogens with two attached hydrogens (primary N) is 1. The topological polar surface area (TPSA) is 303 Å². The second kappa shape index (κ2) is 23.4. The van der Waals surface area contributed by atoms with Crippen LogP contribution in [0.5, 0.6) is 0 Å². The molecular formula is C58H78N10O12P2. The van der Waals surface area contributed by atoms with Crippen LogP contribution in [-0.2, 0) is 46.0 Å². The van der Waals surface area contributed by atoms with Gasteiger partial charge in [-0.15, -0.1) is 0 Å². The number of imidazole rings is 1. The van der Waals surface area contributed by atoms with Gasteiger partial charge in [-0.25, -0.2) is 24.1 Å². The first-order valence-electron chi connectivity index (χ1n) is 28.8. The molecule has 2 aromatic heterocycles. The third-order valence-corrected chi connectivity index (χ3v) is 18.3. The standard InChI is InChI=1S/C58H78N10O12P2/c1-8-67-43-30-42-40(29-39(43)34(2)31-57(67,3)4)46(41-28-35-18-15-26-66-27-16-21-38(49(35)66)47(41)58(42,5)6)36-19-11-12-20-37(36)54(71)65(7)25-17-22-45(69)60-23-13-9-10-14-24-61-56-64-48-52(59)62-33-63-53(48)68(56)55-50(70)51(80-82(75,76)77)44(79-55)32-78-81(72,73)74/h11-12,19-20,28-30,33-34,44,50-51,55,59,70H,8-10,13-18,21-27,31-32H2,1-7H3,(H6,60,69,71,72,73,74,75,76,77)/t34?,44-,50-,51-,55-/m1/s1. The highest BCUT2D eigenvalue weighted by Crippen LogP contribution is 2.51. The molecule has 1 saturated heterocycles. The van der Waals surface area contributed by atoms with Crippen LogP contribution in [0, 0.1) is 0 Å². The van der Waals surface area contributed by atoms with Crippen molar-refractivity contribution in [3.05, 3.63) is 104 Å². The number of aromatic nitrogens is 4. The SMILES string of the molecule is CCN1c2cc3c(cc2C(C)CC1(C)C)C(c1ccccc1C(=O)N(C)CCCC(=O)NCCCCCCNc1nc2c(N)ncnc2n1[C@@H]1O[C@H](COP(=O)([O-])O)[C@@H](OP(=O)(O)O)[C@H]1O)=c1cc2c4c(c1C3(C)C)CCC[N+]=4CCC2. The van der Waals surface area contributed by atoms with E-state index in [2.05, 4.69) is 111 Å². The van der Waals surface area contributed by atoms with Crippen LogP contribution in [0.3, 0.4) is 0 Å². The van der Waals surface area contributed by atoms with Gasteiger partial charge in [-0.2, -0.15) is 0 Å². The van der Waals surface area contributed by atoms with Gasteiger partial charge in [0.15, 0.2) is 23.2 Å². The van der Waals surface area contributed by atoms with Crippen molar-refractivity contribution in [3.63, 3.8) is 0 Å². The van der Waals surface area contributed by atoms with Crippen LogP contribution in [0.25, 0.3) is 16.7 Å². The number of phosphoric acid groups is 2. The lowest BCUT2D eigenvalue weighted by atomic mass is 9.64. The zero-order chi connectivity index (χ0) is 58.6. The van der Waals surface area contributed by atoms with Gasteiger partial charge in [0, 0.05) is 85.8 Å². The maximum absolute atomic E-state index is 14.8. The second-order valence-corrected chi connectivity index (χ2v) is 26.2. The van der Waals surface area contributed by atoms with Crippen molar-refractivity contribution in [2.75, 3.05) is 68.9 Å². The summed E-state index contributed by atoms with van der Waals surface area (Å²) in [6.07, 6.45) is 3.44. The molecule has 6 heterocycles. The molecule has 10 rings (SSSR count). The van der Waals surface area contributed by atoms with Crippen LogP contribution in [0.2, 0.25) is 0 Å². The third kappa shape index (κ3) is 11.8. The van der Waals surface area contributed by atoms with Gasteiger partial charge in [0.1, 0.15) is 37.7 Å². The van der Waals surface area contributed by atoms with Crippen LogP contribution >= 0.6 is 15.6 Å². The molecule has 8 N–H and O–H groups in total. The number of anilines is 3. The molecule has 5 aromatic rings. The fourth-order valence-corrected chi connectivity index (χ4v) is 14.7.